The molecule has 0 aliphatic heterocycles. The van der Waals surface area contributed by atoms with Crippen LogP contribution in [0.1, 0.15) is 258 Å². The molecule has 0 aromatic rings. The maximum absolute atomic E-state index is 12.8. The Kier molecular flexibility index (Phi) is 51.4. The highest BCUT2D eigenvalue weighted by Crippen LogP contribution is 2.14. The number of carbonyl (C=O) groups excluding carboxylic acids is 3. The number of carbonyl (C=O) groups is 3. The first-order valence-electron chi connectivity index (χ1n) is 27.6. The van der Waals surface area contributed by atoms with E-state index in [1.807, 2.05) is 0 Å². The summed E-state index contributed by atoms with van der Waals surface area (Å²) in [7, 11) is 0. The average molecular weight is 919 g/mol. The summed E-state index contributed by atoms with van der Waals surface area (Å²) in [5.41, 5.74) is 0. The summed E-state index contributed by atoms with van der Waals surface area (Å²) in [6, 6.07) is 0. The summed E-state index contributed by atoms with van der Waals surface area (Å²) in [5.74, 6) is -0.941. The van der Waals surface area contributed by atoms with E-state index in [1.165, 1.54) is 103 Å². The fourth-order valence-electron chi connectivity index (χ4n) is 7.44. The Labute approximate surface area is 407 Å². The molecule has 0 aliphatic rings. The Bertz CT molecular complexity index is 1290. The third kappa shape index (κ3) is 51.6. The summed E-state index contributed by atoms with van der Waals surface area (Å²) >= 11 is 0. The van der Waals surface area contributed by atoms with Crippen molar-refractivity contribution in [3.8, 4) is 0 Å². The molecule has 0 N–H and O–H groups in total. The standard InChI is InChI=1S/C60H102O6/c1-4-7-10-13-16-19-22-25-27-28-29-30-31-32-33-36-38-41-44-47-50-53-59(62)65-56-57(55-64-58(61)52-49-46-43-40-37-34-24-21-18-15-12-9-6-3)66-60(63)54-51-48-45-42-39-35-26-23-20-17-14-11-8-5-2/h9,12,14,17-18,21-23,25-26,28-29,34,37,57H,4-8,10-11,13,15-16,19-20,24,27,30-33,35-36,38-56H2,1-3H3/b12-9-,17-14-,21-18-,25-22-,26-23-,29-28-,37-34-. The van der Waals surface area contributed by atoms with Crippen molar-refractivity contribution in [3.63, 3.8) is 0 Å². The first kappa shape index (κ1) is 62.6. The monoisotopic (exact) mass is 919 g/mol. The van der Waals surface area contributed by atoms with E-state index >= 15 is 0 Å². The van der Waals surface area contributed by atoms with Gasteiger partial charge in [-0.3, -0.25) is 14.4 Å². The van der Waals surface area contributed by atoms with Gasteiger partial charge in [-0.15, -0.1) is 0 Å². The Hall–Kier alpha value is -3.41. The number of rotatable bonds is 49. The van der Waals surface area contributed by atoms with E-state index in [4.69, 9.17) is 14.2 Å². The van der Waals surface area contributed by atoms with Gasteiger partial charge in [0, 0.05) is 19.3 Å². The molecule has 0 radical (unpaired) electrons. The van der Waals surface area contributed by atoms with Gasteiger partial charge in [0.2, 0.25) is 0 Å². The molecule has 0 aliphatic carbocycles. The Morgan fingerprint density at radius 1 is 0.318 bits per heavy atom. The quantitative estimate of drug-likeness (QED) is 0.0262. The molecule has 1 atom stereocenters. The minimum atomic E-state index is -0.798. The second kappa shape index (κ2) is 54.2. The minimum Gasteiger partial charge on any atom is -0.462 e. The van der Waals surface area contributed by atoms with Crippen molar-refractivity contribution in [2.75, 3.05) is 13.2 Å². The van der Waals surface area contributed by atoms with Crippen molar-refractivity contribution in [1.82, 2.24) is 0 Å². The second-order valence-corrected chi connectivity index (χ2v) is 18.1. The van der Waals surface area contributed by atoms with Crippen molar-refractivity contribution in [2.45, 2.75) is 264 Å². The van der Waals surface area contributed by atoms with Crippen molar-refractivity contribution in [3.05, 3.63) is 85.1 Å². The topological polar surface area (TPSA) is 78.9 Å². The molecule has 378 valence electrons. The predicted molar refractivity (Wildman–Crippen MR) is 284 cm³/mol. The largest absolute Gasteiger partial charge is 0.462 e. The molecular weight excluding hydrogens is 817 g/mol. The zero-order valence-corrected chi connectivity index (χ0v) is 43.2. The molecule has 0 heterocycles. The van der Waals surface area contributed by atoms with Crippen LogP contribution in [-0.4, -0.2) is 37.2 Å². The van der Waals surface area contributed by atoms with Gasteiger partial charge in [0.1, 0.15) is 13.2 Å². The molecule has 66 heavy (non-hydrogen) atoms. The van der Waals surface area contributed by atoms with Gasteiger partial charge in [-0.25, -0.2) is 0 Å². The van der Waals surface area contributed by atoms with Gasteiger partial charge in [0.05, 0.1) is 0 Å². The minimum absolute atomic E-state index is 0.0943. The third-order valence-corrected chi connectivity index (χ3v) is 11.6. The number of unbranched alkanes of at least 4 members (excludes halogenated alkanes) is 24. The van der Waals surface area contributed by atoms with Gasteiger partial charge in [-0.1, -0.05) is 215 Å². The van der Waals surface area contributed by atoms with Gasteiger partial charge in [0.25, 0.3) is 0 Å². The number of ether oxygens (including phenoxy) is 3. The first-order chi connectivity index (χ1) is 32.5. The highest BCUT2D eigenvalue weighted by Gasteiger charge is 2.19. The van der Waals surface area contributed by atoms with Crippen LogP contribution in [0, 0.1) is 0 Å². The summed E-state index contributed by atoms with van der Waals surface area (Å²) < 4.78 is 16.8. The fraction of sp³-hybridized carbons (Fsp3) is 0.717. The zero-order valence-electron chi connectivity index (χ0n) is 43.2. The Morgan fingerprint density at radius 3 is 0.985 bits per heavy atom. The molecule has 0 amide bonds. The van der Waals surface area contributed by atoms with E-state index in [9.17, 15) is 14.4 Å². The predicted octanol–water partition coefficient (Wildman–Crippen LogP) is 18.4. The van der Waals surface area contributed by atoms with Crippen LogP contribution in [0.15, 0.2) is 85.1 Å². The second-order valence-electron chi connectivity index (χ2n) is 18.1. The van der Waals surface area contributed by atoms with Crippen molar-refractivity contribution >= 4 is 17.9 Å². The van der Waals surface area contributed by atoms with Crippen LogP contribution in [0.3, 0.4) is 0 Å². The van der Waals surface area contributed by atoms with E-state index in [2.05, 4.69) is 106 Å². The SMILES string of the molecule is CC/C=C\C/C=C\C/C=C\CCCCCC(=O)OCC(COC(=O)CCCCCCCCCCC/C=C\C/C=C\CCCCCCC)OC(=O)CCCCCCC/C=C\C/C=C\CCCC. The molecule has 0 saturated heterocycles. The summed E-state index contributed by atoms with van der Waals surface area (Å²) in [6.45, 7) is 6.44. The highest BCUT2D eigenvalue weighted by atomic mass is 16.6. The summed E-state index contributed by atoms with van der Waals surface area (Å²) in [6.07, 6.45) is 70.0. The number of hydrogen-bond donors (Lipinski definition) is 0. The normalized spacial score (nSPS) is 12.7. The fourth-order valence-corrected chi connectivity index (χ4v) is 7.44. The molecular formula is C60H102O6. The van der Waals surface area contributed by atoms with Crippen LogP contribution in [0.25, 0.3) is 0 Å². The van der Waals surface area contributed by atoms with Gasteiger partial charge < -0.3 is 14.2 Å². The van der Waals surface area contributed by atoms with Crippen LogP contribution in [-0.2, 0) is 28.6 Å². The Morgan fingerprint density at radius 2 is 0.606 bits per heavy atom. The van der Waals surface area contributed by atoms with Gasteiger partial charge in [-0.05, 0) is 109 Å². The van der Waals surface area contributed by atoms with Crippen LogP contribution in [0.2, 0.25) is 0 Å². The van der Waals surface area contributed by atoms with E-state index in [1.54, 1.807) is 0 Å². The van der Waals surface area contributed by atoms with Gasteiger partial charge in [0.15, 0.2) is 6.10 Å². The molecule has 0 bridgehead atoms. The average Bonchev–Trinajstić information content (AvgIpc) is 3.31. The molecule has 0 saturated carbocycles. The molecule has 6 heteroatoms. The third-order valence-electron chi connectivity index (χ3n) is 11.6. The van der Waals surface area contributed by atoms with Crippen LogP contribution in [0.4, 0.5) is 0 Å². The Balaban J connectivity index is 4.38. The molecule has 0 spiro atoms. The first-order valence-corrected chi connectivity index (χ1v) is 27.6. The van der Waals surface area contributed by atoms with E-state index in [0.29, 0.717) is 19.3 Å². The van der Waals surface area contributed by atoms with E-state index in [0.717, 1.165) is 116 Å². The van der Waals surface area contributed by atoms with E-state index < -0.39 is 6.10 Å². The zero-order chi connectivity index (χ0) is 47.9. The van der Waals surface area contributed by atoms with Crippen LogP contribution < -0.4 is 0 Å². The summed E-state index contributed by atoms with van der Waals surface area (Å²) in [4.78, 5) is 38.0. The van der Waals surface area contributed by atoms with Crippen LogP contribution >= 0.6 is 0 Å². The maximum atomic E-state index is 12.8. The molecule has 0 fully saturated rings. The van der Waals surface area contributed by atoms with Gasteiger partial charge in [-0.2, -0.15) is 0 Å². The lowest BCUT2D eigenvalue weighted by molar-refractivity contribution is -0.167. The number of allylic oxidation sites excluding steroid dienone is 14. The summed E-state index contributed by atoms with van der Waals surface area (Å²) in [5, 5.41) is 0. The molecule has 6 nitrogen and oxygen atoms in total. The van der Waals surface area contributed by atoms with Crippen molar-refractivity contribution < 1.29 is 28.6 Å². The van der Waals surface area contributed by atoms with Crippen molar-refractivity contribution in [1.29, 1.82) is 0 Å². The highest BCUT2D eigenvalue weighted by molar-refractivity contribution is 5.71. The lowest BCUT2D eigenvalue weighted by Gasteiger charge is -2.18. The van der Waals surface area contributed by atoms with Gasteiger partial charge >= 0.3 is 17.9 Å². The maximum Gasteiger partial charge on any atom is 0.306 e. The number of hydrogen-bond acceptors (Lipinski definition) is 6. The number of esters is 3. The van der Waals surface area contributed by atoms with Crippen molar-refractivity contribution in [2.24, 2.45) is 0 Å². The lowest BCUT2D eigenvalue weighted by atomic mass is 10.1. The molecule has 1 unspecified atom stereocenters. The molecule has 0 rings (SSSR count). The van der Waals surface area contributed by atoms with Crippen LogP contribution in [0.5, 0.6) is 0 Å². The van der Waals surface area contributed by atoms with E-state index in [-0.39, 0.29) is 31.1 Å². The smallest absolute Gasteiger partial charge is 0.306 e. The lowest BCUT2D eigenvalue weighted by Crippen LogP contribution is -2.30. The molecule has 0 aromatic carbocycles. The molecule has 0 aromatic heterocycles.